The van der Waals surface area contributed by atoms with Gasteiger partial charge in [0.15, 0.2) is 5.16 Å². The number of aromatic amines is 1. The van der Waals surface area contributed by atoms with E-state index in [4.69, 9.17) is 11.5 Å². The zero-order valence-corrected chi connectivity index (χ0v) is 11.9. The monoisotopic (exact) mass is 299 g/mol. The number of nitrogens with one attached hydrogen (secondary N) is 1. The van der Waals surface area contributed by atoms with Crippen LogP contribution in [0.25, 0.3) is 0 Å². The van der Waals surface area contributed by atoms with Crippen molar-refractivity contribution in [3.05, 3.63) is 20.7 Å². The molecule has 0 bridgehead atoms. The molecule has 0 aromatic carbocycles. The predicted octanol–water partition coefficient (Wildman–Crippen LogP) is -1.31. The molecule has 1 fully saturated rings. The highest BCUT2D eigenvalue weighted by atomic mass is 32.2. The third-order valence-electron chi connectivity index (χ3n) is 3.45. The first-order valence-corrected chi connectivity index (χ1v) is 7.12. The number of hydrogen-bond donors (Lipinski definition) is 3. The van der Waals surface area contributed by atoms with E-state index in [-0.39, 0.29) is 5.25 Å². The first kappa shape index (κ1) is 14.8. The van der Waals surface area contributed by atoms with E-state index in [1.165, 1.54) is 16.4 Å². The number of nitrogens with two attached hydrogens (primary N) is 2. The summed E-state index contributed by atoms with van der Waals surface area (Å²) in [7, 11) is 1.60. The zero-order valence-electron chi connectivity index (χ0n) is 11.1. The predicted molar refractivity (Wildman–Crippen MR) is 74.3 cm³/mol. The molecule has 2 rings (SSSR count). The van der Waals surface area contributed by atoms with Crippen molar-refractivity contribution in [3.63, 3.8) is 0 Å². The molecule has 1 amide bonds. The number of thioether (sulfide) groups is 1. The van der Waals surface area contributed by atoms with Crippen molar-refractivity contribution in [1.82, 2.24) is 14.8 Å². The van der Waals surface area contributed by atoms with Crippen LogP contribution in [0.1, 0.15) is 25.7 Å². The van der Waals surface area contributed by atoms with Crippen molar-refractivity contribution >= 4 is 17.7 Å². The number of aromatic nitrogens is 3. The summed E-state index contributed by atoms with van der Waals surface area (Å²) in [6.45, 7) is 0. The van der Waals surface area contributed by atoms with Crippen LogP contribution in [0.2, 0.25) is 0 Å². The molecule has 0 saturated heterocycles. The van der Waals surface area contributed by atoms with Gasteiger partial charge >= 0.3 is 11.1 Å². The minimum absolute atomic E-state index is 0.0326. The maximum absolute atomic E-state index is 11.4. The molecule has 1 aromatic rings. The van der Waals surface area contributed by atoms with Crippen LogP contribution >= 0.6 is 11.8 Å². The Morgan fingerprint density at radius 1 is 1.55 bits per heavy atom. The first-order valence-electron chi connectivity index (χ1n) is 6.24. The van der Waals surface area contributed by atoms with Gasteiger partial charge in [0.25, 0.3) is 0 Å². The maximum Gasteiger partial charge on any atom is 0.339 e. The average molecular weight is 299 g/mol. The summed E-state index contributed by atoms with van der Waals surface area (Å²) in [6, 6.07) is 0. The molecule has 8 nitrogen and oxygen atoms in total. The summed E-state index contributed by atoms with van der Waals surface area (Å²) in [4.78, 5) is 37.6. The summed E-state index contributed by atoms with van der Waals surface area (Å²) in [6.07, 6.45) is 2.64. The highest BCUT2D eigenvalue weighted by molar-refractivity contribution is 7.99. The van der Waals surface area contributed by atoms with Gasteiger partial charge in [0.2, 0.25) is 5.91 Å². The Morgan fingerprint density at radius 3 is 2.90 bits per heavy atom. The van der Waals surface area contributed by atoms with E-state index in [9.17, 15) is 14.4 Å². The van der Waals surface area contributed by atoms with Crippen LogP contribution in [0.4, 0.5) is 0 Å². The van der Waals surface area contributed by atoms with Gasteiger partial charge in [-0.05, 0) is 25.7 Å². The maximum atomic E-state index is 11.4. The van der Waals surface area contributed by atoms with Gasteiger partial charge in [-0.15, -0.1) is 0 Å². The number of rotatable bonds is 3. The van der Waals surface area contributed by atoms with Crippen LogP contribution in [0.3, 0.4) is 0 Å². The lowest BCUT2D eigenvalue weighted by Gasteiger charge is -2.34. The van der Waals surface area contributed by atoms with Crippen molar-refractivity contribution in [1.29, 1.82) is 0 Å². The zero-order chi connectivity index (χ0) is 14.9. The highest BCUT2D eigenvalue weighted by Gasteiger charge is 2.38. The van der Waals surface area contributed by atoms with Crippen LogP contribution in [0.15, 0.2) is 14.7 Å². The fourth-order valence-electron chi connectivity index (χ4n) is 2.30. The van der Waals surface area contributed by atoms with E-state index in [2.05, 4.69) is 10.1 Å². The number of H-pyrrole nitrogens is 1. The van der Waals surface area contributed by atoms with Crippen LogP contribution in [-0.4, -0.2) is 31.5 Å². The van der Waals surface area contributed by atoms with Gasteiger partial charge in [-0.25, -0.2) is 0 Å². The third kappa shape index (κ3) is 2.93. The quantitative estimate of drug-likeness (QED) is 0.592. The minimum Gasteiger partial charge on any atom is -0.368 e. The van der Waals surface area contributed by atoms with Crippen molar-refractivity contribution in [2.75, 3.05) is 0 Å². The minimum atomic E-state index is -1.00. The number of amides is 1. The van der Waals surface area contributed by atoms with Gasteiger partial charge in [0, 0.05) is 12.3 Å². The van der Waals surface area contributed by atoms with Crippen LogP contribution in [0, 0.1) is 0 Å². The molecule has 0 spiro atoms. The van der Waals surface area contributed by atoms with Gasteiger partial charge in [0.1, 0.15) is 0 Å². The Balaban J connectivity index is 2.18. The molecule has 1 aliphatic carbocycles. The fourth-order valence-corrected chi connectivity index (χ4v) is 3.60. The second-order valence-corrected chi connectivity index (χ2v) is 6.32. The third-order valence-corrected chi connectivity index (χ3v) is 4.76. The van der Waals surface area contributed by atoms with Gasteiger partial charge in [-0.3, -0.25) is 24.2 Å². The van der Waals surface area contributed by atoms with Gasteiger partial charge in [-0.2, -0.15) is 4.98 Å². The summed E-state index contributed by atoms with van der Waals surface area (Å²) >= 11 is 1.33. The molecule has 1 aromatic heterocycles. The second-order valence-electron chi connectivity index (χ2n) is 5.06. The van der Waals surface area contributed by atoms with Gasteiger partial charge in [0.05, 0.1) is 5.54 Å². The number of hydrogen-bond acceptors (Lipinski definition) is 6. The number of nitrogens with zero attached hydrogens (tertiary/aromatic N) is 2. The van der Waals surface area contributed by atoms with E-state index in [0.29, 0.717) is 18.0 Å². The van der Waals surface area contributed by atoms with E-state index >= 15 is 0 Å². The second kappa shape index (κ2) is 5.41. The number of carbonyl (C=O) groups is 1. The molecule has 2 unspecified atom stereocenters. The van der Waals surface area contributed by atoms with Crippen molar-refractivity contribution in [3.8, 4) is 0 Å². The normalized spacial score (nSPS) is 26.4. The van der Waals surface area contributed by atoms with E-state index < -0.39 is 22.6 Å². The summed E-state index contributed by atoms with van der Waals surface area (Å²) < 4.78 is 1.39. The van der Waals surface area contributed by atoms with Crippen molar-refractivity contribution in [2.24, 2.45) is 18.5 Å². The average Bonchev–Trinajstić information content (AvgIpc) is 2.36. The van der Waals surface area contributed by atoms with Gasteiger partial charge < -0.3 is 11.5 Å². The van der Waals surface area contributed by atoms with E-state index in [0.717, 1.165) is 12.8 Å². The molecule has 2 atom stereocenters. The summed E-state index contributed by atoms with van der Waals surface area (Å²) in [5, 5.41) is 2.81. The lowest BCUT2D eigenvalue weighted by atomic mass is 9.82. The molecule has 5 N–H and O–H groups in total. The molecule has 20 heavy (non-hydrogen) atoms. The van der Waals surface area contributed by atoms with Crippen LogP contribution < -0.4 is 22.6 Å². The largest absolute Gasteiger partial charge is 0.368 e. The van der Waals surface area contributed by atoms with Gasteiger partial charge in [-0.1, -0.05) is 11.8 Å². The van der Waals surface area contributed by atoms with E-state index in [1.807, 2.05) is 0 Å². The van der Waals surface area contributed by atoms with Crippen molar-refractivity contribution < 1.29 is 4.79 Å². The molecular weight excluding hydrogens is 282 g/mol. The van der Waals surface area contributed by atoms with E-state index in [1.54, 1.807) is 7.05 Å². The Kier molecular flexibility index (Phi) is 4.00. The standard InChI is InChI=1S/C11H17N5O3S/c1-16-10(14-7(17)8(18)15-16)20-6-3-2-4-11(13,5-6)9(12)19/h6H,2-5,13H2,1H3,(H2,12,19)(H,15,18). The fraction of sp³-hybridized carbons (Fsp3) is 0.636. The molecule has 1 heterocycles. The van der Waals surface area contributed by atoms with Crippen LogP contribution in [0.5, 0.6) is 0 Å². The molecule has 1 saturated carbocycles. The summed E-state index contributed by atoms with van der Waals surface area (Å²) in [5.74, 6) is -0.508. The Bertz CT molecular complexity index is 640. The Hall–Kier alpha value is -1.61. The first-order chi connectivity index (χ1) is 9.32. The van der Waals surface area contributed by atoms with Crippen molar-refractivity contribution in [2.45, 2.75) is 41.6 Å². The molecule has 110 valence electrons. The topological polar surface area (TPSA) is 137 Å². The molecule has 9 heteroatoms. The molecule has 0 radical (unpaired) electrons. The Labute approximate surface area is 118 Å². The number of primary amides is 1. The SMILES string of the molecule is Cn1[nH]c(=O)c(=O)nc1SC1CCCC(N)(C(N)=O)C1. The molecule has 1 aliphatic rings. The molecular formula is C11H17N5O3S. The highest BCUT2D eigenvalue weighted by Crippen LogP contribution is 2.35. The molecule has 0 aliphatic heterocycles. The van der Waals surface area contributed by atoms with Crippen LogP contribution in [-0.2, 0) is 11.8 Å². The Morgan fingerprint density at radius 2 is 2.25 bits per heavy atom. The lowest BCUT2D eigenvalue weighted by Crippen LogP contribution is -2.55. The number of aryl methyl sites for hydroxylation is 1. The summed E-state index contributed by atoms with van der Waals surface area (Å²) in [5.41, 5.74) is 8.76. The number of carbonyl (C=O) groups excluding carboxylic acids is 1. The smallest absolute Gasteiger partial charge is 0.339 e. The lowest BCUT2D eigenvalue weighted by molar-refractivity contribution is -0.124.